The molecule has 2 heterocycles. The predicted molar refractivity (Wildman–Crippen MR) is 116 cm³/mol. The summed E-state index contributed by atoms with van der Waals surface area (Å²) in [5.74, 6) is 0.286. The summed E-state index contributed by atoms with van der Waals surface area (Å²) in [5.41, 5.74) is 1.33. The predicted octanol–water partition coefficient (Wildman–Crippen LogP) is 4.31. The van der Waals surface area contributed by atoms with Crippen LogP contribution in [0.1, 0.15) is 42.6 Å². The van der Waals surface area contributed by atoms with E-state index in [0.29, 0.717) is 24.5 Å². The van der Waals surface area contributed by atoms with Crippen molar-refractivity contribution in [2.24, 2.45) is 5.92 Å². The lowest BCUT2D eigenvalue weighted by molar-refractivity contribution is -0.199. The van der Waals surface area contributed by atoms with Gasteiger partial charge in [0, 0.05) is 45.7 Å². The van der Waals surface area contributed by atoms with E-state index in [9.17, 15) is 4.79 Å². The molecule has 160 valence electrons. The summed E-state index contributed by atoms with van der Waals surface area (Å²) < 4.78 is 18.4. The van der Waals surface area contributed by atoms with Gasteiger partial charge in [0.05, 0.1) is 5.56 Å². The Kier molecular flexibility index (Phi) is 6.52. The van der Waals surface area contributed by atoms with Crippen LogP contribution in [0.15, 0.2) is 54.6 Å². The highest BCUT2D eigenvalue weighted by molar-refractivity contribution is 6.02. The van der Waals surface area contributed by atoms with Gasteiger partial charge in [-0.05, 0) is 31.5 Å². The Morgan fingerprint density at radius 3 is 2.30 bits per heavy atom. The second-order valence-electron chi connectivity index (χ2n) is 8.05. The average molecular weight is 410 g/mol. The maximum Gasteiger partial charge on any atom is 0.178 e. The Morgan fingerprint density at radius 1 is 1.00 bits per heavy atom. The first-order chi connectivity index (χ1) is 14.7. The standard InChI is InChI=1S/C25H31NO4/c1-3-28-24(29-4-2)22-23(27)20-12-8-9-13-21(20)30-25(22)14-16-26(17-15-25)18-19-10-6-5-7-11-19/h5-13,22,24H,3-4,14-18H2,1-2H3. The fourth-order valence-electron chi connectivity index (χ4n) is 4.73. The quantitative estimate of drug-likeness (QED) is 0.638. The molecule has 0 saturated carbocycles. The van der Waals surface area contributed by atoms with Crippen molar-refractivity contribution in [3.05, 3.63) is 65.7 Å². The molecular weight excluding hydrogens is 378 g/mol. The number of nitrogens with zero attached hydrogens (tertiary/aromatic N) is 1. The summed E-state index contributed by atoms with van der Waals surface area (Å²) in [5, 5.41) is 0. The summed E-state index contributed by atoms with van der Waals surface area (Å²) in [6.45, 7) is 7.50. The Bertz CT molecular complexity index is 839. The fraction of sp³-hybridized carbons (Fsp3) is 0.480. The fourth-order valence-corrected chi connectivity index (χ4v) is 4.73. The van der Waals surface area contributed by atoms with Crippen LogP contribution in [0.3, 0.4) is 0 Å². The SMILES string of the molecule is CCOC(OCC)C1C(=O)c2ccccc2OC12CCN(Cc1ccccc1)CC2. The summed E-state index contributed by atoms with van der Waals surface area (Å²) >= 11 is 0. The van der Waals surface area contributed by atoms with E-state index >= 15 is 0 Å². The number of para-hydroxylation sites is 1. The van der Waals surface area contributed by atoms with Crippen LogP contribution in [0, 0.1) is 5.92 Å². The van der Waals surface area contributed by atoms with Crippen LogP contribution in [0.2, 0.25) is 0 Å². The van der Waals surface area contributed by atoms with Crippen molar-refractivity contribution < 1.29 is 19.0 Å². The smallest absolute Gasteiger partial charge is 0.178 e. The molecule has 2 aromatic rings. The van der Waals surface area contributed by atoms with E-state index in [0.717, 1.165) is 32.5 Å². The molecule has 0 N–H and O–H groups in total. The van der Waals surface area contributed by atoms with Crippen LogP contribution in [0.5, 0.6) is 5.75 Å². The van der Waals surface area contributed by atoms with Crippen LogP contribution >= 0.6 is 0 Å². The third kappa shape index (κ3) is 4.15. The molecule has 0 radical (unpaired) electrons. The molecule has 5 heteroatoms. The van der Waals surface area contributed by atoms with Gasteiger partial charge in [0.1, 0.15) is 17.3 Å². The second kappa shape index (κ2) is 9.29. The third-order valence-electron chi connectivity index (χ3n) is 6.20. The number of Topliss-reactive ketones (excluding diaryl/α,β-unsaturated/α-hetero) is 1. The zero-order chi connectivity index (χ0) is 21.0. The van der Waals surface area contributed by atoms with E-state index < -0.39 is 17.8 Å². The Labute approximate surface area is 178 Å². The van der Waals surface area contributed by atoms with Gasteiger partial charge in [0.25, 0.3) is 0 Å². The molecule has 1 spiro atoms. The highest BCUT2D eigenvalue weighted by Gasteiger charge is 2.55. The highest BCUT2D eigenvalue weighted by atomic mass is 16.7. The number of hydrogen-bond acceptors (Lipinski definition) is 5. The van der Waals surface area contributed by atoms with Crippen molar-refractivity contribution in [2.75, 3.05) is 26.3 Å². The molecule has 30 heavy (non-hydrogen) atoms. The molecule has 2 aliphatic heterocycles. The van der Waals surface area contributed by atoms with E-state index in [4.69, 9.17) is 14.2 Å². The van der Waals surface area contributed by atoms with Crippen LogP contribution < -0.4 is 4.74 Å². The molecule has 0 bridgehead atoms. The Morgan fingerprint density at radius 2 is 1.63 bits per heavy atom. The maximum atomic E-state index is 13.6. The monoisotopic (exact) mass is 409 g/mol. The van der Waals surface area contributed by atoms with Crippen LogP contribution in [0.25, 0.3) is 0 Å². The third-order valence-corrected chi connectivity index (χ3v) is 6.20. The molecule has 1 unspecified atom stereocenters. The second-order valence-corrected chi connectivity index (χ2v) is 8.05. The minimum atomic E-state index is -0.604. The first-order valence-electron chi connectivity index (χ1n) is 11.0. The van der Waals surface area contributed by atoms with E-state index in [1.54, 1.807) is 0 Å². The maximum absolute atomic E-state index is 13.6. The number of benzene rings is 2. The van der Waals surface area contributed by atoms with Crippen LogP contribution in [-0.4, -0.2) is 48.9 Å². The largest absolute Gasteiger partial charge is 0.485 e. The van der Waals surface area contributed by atoms with Gasteiger partial charge in [-0.25, -0.2) is 0 Å². The normalized spacial score (nSPS) is 20.9. The van der Waals surface area contributed by atoms with Crippen molar-refractivity contribution in [1.29, 1.82) is 0 Å². The molecule has 1 saturated heterocycles. The number of carbonyl (C=O) groups is 1. The van der Waals surface area contributed by atoms with Gasteiger partial charge < -0.3 is 14.2 Å². The molecule has 4 rings (SSSR count). The number of hydrogen-bond donors (Lipinski definition) is 0. The summed E-state index contributed by atoms with van der Waals surface area (Å²) in [6, 6.07) is 18.1. The van der Waals surface area contributed by atoms with Crippen molar-refractivity contribution in [3.63, 3.8) is 0 Å². The lowest BCUT2D eigenvalue weighted by Crippen LogP contribution is -2.60. The zero-order valence-corrected chi connectivity index (χ0v) is 17.9. The lowest BCUT2D eigenvalue weighted by atomic mass is 9.73. The van der Waals surface area contributed by atoms with Crippen LogP contribution in [0.4, 0.5) is 0 Å². The van der Waals surface area contributed by atoms with Gasteiger partial charge in [-0.3, -0.25) is 9.69 Å². The summed E-state index contributed by atoms with van der Waals surface area (Å²) in [7, 11) is 0. The Balaban J connectivity index is 1.59. The van der Waals surface area contributed by atoms with E-state index in [2.05, 4.69) is 29.2 Å². The topological polar surface area (TPSA) is 48.0 Å². The lowest BCUT2D eigenvalue weighted by Gasteiger charge is -2.49. The van der Waals surface area contributed by atoms with Gasteiger partial charge in [-0.15, -0.1) is 0 Å². The highest BCUT2D eigenvalue weighted by Crippen LogP contribution is 2.45. The molecule has 0 amide bonds. The summed E-state index contributed by atoms with van der Waals surface area (Å²) in [6.07, 6.45) is 0.934. The number of ketones is 1. The number of carbonyl (C=O) groups excluding carboxylic acids is 1. The first kappa shape index (κ1) is 21.0. The first-order valence-corrected chi connectivity index (χ1v) is 11.0. The molecular formula is C25H31NO4. The van der Waals surface area contributed by atoms with E-state index in [-0.39, 0.29) is 5.78 Å². The molecule has 1 atom stereocenters. The van der Waals surface area contributed by atoms with E-state index in [1.807, 2.05) is 44.2 Å². The molecule has 0 aliphatic carbocycles. The number of likely N-dealkylation sites (tertiary alicyclic amines) is 1. The molecule has 1 fully saturated rings. The van der Waals surface area contributed by atoms with Crippen molar-refractivity contribution in [1.82, 2.24) is 4.90 Å². The molecule has 0 aromatic heterocycles. The minimum Gasteiger partial charge on any atom is -0.485 e. The number of ether oxygens (including phenoxy) is 3. The van der Waals surface area contributed by atoms with E-state index in [1.165, 1.54) is 5.56 Å². The van der Waals surface area contributed by atoms with Gasteiger partial charge in [0.2, 0.25) is 0 Å². The minimum absolute atomic E-state index is 0.0697. The molecule has 2 aliphatic rings. The zero-order valence-electron chi connectivity index (χ0n) is 17.9. The van der Waals surface area contributed by atoms with Crippen molar-refractivity contribution >= 4 is 5.78 Å². The summed E-state index contributed by atoms with van der Waals surface area (Å²) in [4.78, 5) is 16.0. The average Bonchev–Trinajstić information content (AvgIpc) is 2.77. The number of rotatable bonds is 7. The number of fused-ring (bicyclic) bond motifs is 1. The molecule has 5 nitrogen and oxygen atoms in total. The van der Waals surface area contributed by atoms with Crippen LogP contribution in [-0.2, 0) is 16.0 Å². The van der Waals surface area contributed by atoms with Gasteiger partial charge in [0.15, 0.2) is 12.1 Å². The molecule has 2 aromatic carbocycles. The Hall–Kier alpha value is -2.21. The van der Waals surface area contributed by atoms with Gasteiger partial charge >= 0.3 is 0 Å². The van der Waals surface area contributed by atoms with Crippen molar-refractivity contribution in [2.45, 2.75) is 45.1 Å². The number of piperidine rings is 1. The van der Waals surface area contributed by atoms with Gasteiger partial charge in [-0.1, -0.05) is 42.5 Å². The van der Waals surface area contributed by atoms with Crippen molar-refractivity contribution in [3.8, 4) is 5.75 Å². The van der Waals surface area contributed by atoms with Gasteiger partial charge in [-0.2, -0.15) is 0 Å².